The van der Waals surface area contributed by atoms with Gasteiger partial charge in [-0.05, 0) is 24.3 Å². The van der Waals surface area contributed by atoms with Crippen molar-refractivity contribution in [2.24, 2.45) is 0 Å². The molecule has 0 spiro atoms. The number of hydroxylamine groups is 4. The van der Waals surface area contributed by atoms with E-state index in [4.69, 9.17) is 9.68 Å². The van der Waals surface area contributed by atoms with Gasteiger partial charge in [0.1, 0.15) is 11.5 Å². The first kappa shape index (κ1) is 8.08. The minimum absolute atomic E-state index is 0.876. The van der Waals surface area contributed by atoms with E-state index in [0.29, 0.717) is 0 Å². The fourth-order valence-electron chi connectivity index (χ4n) is 1.12. The van der Waals surface area contributed by atoms with Crippen molar-refractivity contribution < 1.29 is 9.68 Å². The van der Waals surface area contributed by atoms with Crippen molar-refractivity contribution in [1.82, 2.24) is 10.1 Å². The van der Waals surface area contributed by atoms with Gasteiger partial charge in [-0.1, -0.05) is 0 Å². The van der Waals surface area contributed by atoms with Crippen LogP contribution in [0.1, 0.15) is 0 Å². The van der Waals surface area contributed by atoms with Crippen LogP contribution in [0, 0.1) is 0 Å². The van der Waals surface area contributed by atoms with Crippen molar-refractivity contribution in [3.05, 3.63) is 24.3 Å². The lowest BCUT2D eigenvalue weighted by molar-refractivity contribution is 0.0641. The summed E-state index contributed by atoms with van der Waals surface area (Å²) in [5.74, 6) is 1.75. The lowest BCUT2D eigenvalue weighted by Crippen LogP contribution is -2.03. The van der Waals surface area contributed by atoms with Crippen molar-refractivity contribution in [2.75, 3.05) is 26.2 Å². The third-order valence-electron chi connectivity index (χ3n) is 2.11. The average molecular weight is 192 g/mol. The third-order valence-corrected chi connectivity index (χ3v) is 2.11. The Morgan fingerprint density at radius 2 is 1.07 bits per heavy atom. The van der Waals surface area contributed by atoms with E-state index in [-0.39, 0.29) is 0 Å². The van der Waals surface area contributed by atoms with Gasteiger partial charge in [-0.25, -0.2) is 0 Å². The van der Waals surface area contributed by atoms with Gasteiger partial charge >= 0.3 is 0 Å². The fraction of sp³-hybridized carbons (Fsp3) is 0.400. The molecule has 4 heteroatoms. The zero-order valence-corrected chi connectivity index (χ0v) is 7.85. The van der Waals surface area contributed by atoms with Crippen LogP contribution in [0.25, 0.3) is 0 Å². The van der Waals surface area contributed by atoms with Crippen LogP contribution >= 0.6 is 0 Å². The van der Waals surface area contributed by atoms with Crippen LogP contribution in [0.2, 0.25) is 0 Å². The van der Waals surface area contributed by atoms with Crippen molar-refractivity contribution in [1.29, 1.82) is 0 Å². The SMILES string of the molecule is c1cc(ON2CC2)ccc1ON1CC1. The lowest BCUT2D eigenvalue weighted by Gasteiger charge is -2.07. The Labute approximate surface area is 82.5 Å². The molecule has 74 valence electrons. The highest BCUT2D eigenvalue weighted by Gasteiger charge is 2.21. The summed E-state index contributed by atoms with van der Waals surface area (Å²) in [6, 6.07) is 7.71. The quantitative estimate of drug-likeness (QED) is 0.662. The second-order valence-corrected chi connectivity index (χ2v) is 3.51. The molecule has 3 rings (SSSR count). The largest absolute Gasteiger partial charge is 0.406 e. The van der Waals surface area contributed by atoms with Gasteiger partial charge in [-0.2, -0.15) is 0 Å². The highest BCUT2D eigenvalue weighted by molar-refractivity contribution is 5.31. The Morgan fingerprint density at radius 1 is 0.714 bits per heavy atom. The molecule has 0 aliphatic carbocycles. The molecule has 2 saturated heterocycles. The minimum Gasteiger partial charge on any atom is -0.406 e. The molecule has 0 bridgehead atoms. The van der Waals surface area contributed by atoms with E-state index in [9.17, 15) is 0 Å². The number of nitrogens with zero attached hydrogens (tertiary/aromatic N) is 2. The predicted molar refractivity (Wildman–Crippen MR) is 50.8 cm³/mol. The van der Waals surface area contributed by atoms with Crippen LogP contribution in [0.3, 0.4) is 0 Å². The molecule has 0 amide bonds. The molecule has 1 aromatic rings. The van der Waals surface area contributed by atoms with Crippen LogP contribution in [0.4, 0.5) is 0 Å². The van der Waals surface area contributed by atoms with Crippen LogP contribution in [-0.4, -0.2) is 36.3 Å². The Morgan fingerprint density at radius 3 is 1.36 bits per heavy atom. The number of hydrogen-bond acceptors (Lipinski definition) is 4. The van der Waals surface area contributed by atoms with Crippen molar-refractivity contribution >= 4 is 0 Å². The molecule has 0 atom stereocenters. The summed E-state index contributed by atoms with van der Waals surface area (Å²) in [5, 5.41) is 3.81. The highest BCUT2D eigenvalue weighted by Crippen LogP contribution is 2.22. The van der Waals surface area contributed by atoms with Gasteiger partial charge in [0, 0.05) is 0 Å². The summed E-state index contributed by atoms with van der Waals surface area (Å²) >= 11 is 0. The van der Waals surface area contributed by atoms with Gasteiger partial charge in [0.25, 0.3) is 0 Å². The monoisotopic (exact) mass is 192 g/mol. The van der Waals surface area contributed by atoms with E-state index >= 15 is 0 Å². The Kier molecular flexibility index (Phi) is 1.82. The molecule has 0 N–H and O–H groups in total. The lowest BCUT2D eigenvalue weighted by atomic mass is 10.3. The summed E-state index contributed by atoms with van der Waals surface area (Å²) in [6.07, 6.45) is 0. The molecule has 4 nitrogen and oxygen atoms in total. The topological polar surface area (TPSA) is 24.5 Å². The van der Waals surface area contributed by atoms with Gasteiger partial charge in [0.2, 0.25) is 0 Å². The molecule has 2 aliphatic heterocycles. The van der Waals surface area contributed by atoms with E-state index in [0.717, 1.165) is 37.7 Å². The van der Waals surface area contributed by atoms with Gasteiger partial charge < -0.3 is 9.68 Å². The molecule has 14 heavy (non-hydrogen) atoms. The zero-order valence-electron chi connectivity index (χ0n) is 7.85. The number of benzene rings is 1. The van der Waals surface area contributed by atoms with E-state index < -0.39 is 0 Å². The van der Waals surface area contributed by atoms with Crippen molar-refractivity contribution in [2.45, 2.75) is 0 Å². The Bertz CT molecular complexity index is 284. The molecule has 2 aliphatic rings. The molecule has 0 aromatic heterocycles. The molecule has 2 heterocycles. The maximum absolute atomic E-state index is 5.47. The average Bonchev–Trinajstić information content (AvgIpc) is 3.02. The molecular formula is C10H12N2O2. The van der Waals surface area contributed by atoms with Gasteiger partial charge in [0.05, 0.1) is 26.2 Å². The first-order valence-electron chi connectivity index (χ1n) is 4.86. The van der Waals surface area contributed by atoms with E-state index in [1.165, 1.54) is 0 Å². The maximum Gasteiger partial charge on any atom is 0.147 e. The second-order valence-electron chi connectivity index (χ2n) is 3.51. The summed E-state index contributed by atoms with van der Waals surface area (Å²) in [7, 11) is 0. The third kappa shape index (κ3) is 1.97. The molecule has 2 fully saturated rings. The Balaban J connectivity index is 1.62. The van der Waals surface area contributed by atoms with Crippen LogP contribution in [0.15, 0.2) is 24.3 Å². The van der Waals surface area contributed by atoms with Crippen LogP contribution in [-0.2, 0) is 0 Å². The maximum atomic E-state index is 5.47. The highest BCUT2D eigenvalue weighted by atomic mass is 16.7. The van der Waals surface area contributed by atoms with E-state index in [1.54, 1.807) is 0 Å². The minimum atomic E-state index is 0.876. The molecular weight excluding hydrogens is 180 g/mol. The predicted octanol–water partition coefficient (Wildman–Crippen LogP) is 0.905. The van der Waals surface area contributed by atoms with Crippen molar-refractivity contribution in [3.8, 4) is 11.5 Å². The fourth-order valence-corrected chi connectivity index (χ4v) is 1.12. The van der Waals surface area contributed by atoms with E-state index in [2.05, 4.69) is 0 Å². The number of hydrogen-bond donors (Lipinski definition) is 0. The first-order valence-corrected chi connectivity index (χ1v) is 4.86. The van der Waals surface area contributed by atoms with E-state index in [1.807, 2.05) is 34.4 Å². The standard InChI is InChI=1S/C10H12N2O2/c1-2-10(14-12-7-8-12)4-3-9(1)13-11-5-6-11/h1-4H,5-8H2. The summed E-state index contributed by atoms with van der Waals surface area (Å²) in [4.78, 5) is 10.9. The normalized spacial score (nSPS) is 20.6. The van der Waals surface area contributed by atoms with Gasteiger partial charge in [0.15, 0.2) is 0 Å². The smallest absolute Gasteiger partial charge is 0.147 e. The van der Waals surface area contributed by atoms with Gasteiger partial charge in [-0.15, -0.1) is 10.1 Å². The van der Waals surface area contributed by atoms with Gasteiger partial charge in [-0.3, -0.25) is 0 Å². The zero-order chi connectivity index (χ0) is 9.38. The molecule has 0 saturated carbocycles. The van der Waals surface area contributed by atoms with Crippen molar-refractivity contribution in [3.63, 3.8) is 0 Å². The number of rotatable bonds is 4. The van der Waals surface area contributed by atoms with Crippen LogP contribution in [0.5, 0.6) is 11.5 Å². The second kappa shape index (κ2) is 3.15. The summed E-state index contributed by atoms with van der Waals surface area (Å²) in [6.45, 7) is 4.14. The summed E-state index contributed by atoms with van der Waals surface area (Å²) < 4.78 is 0. The Hall–Kier alpha value is -1.26. The first-order chi connectivity index (χ1) is 6.90. The van der Waals surface area contributed by atoms with Crippen LogP contribution < -0.4 is 9.68 Å². The summed E-state index contributed by atoms with van der Waals surface area (Å²) in [5.41, 5.74) is 0. The molecule has 0 radical (unpaired) electrons. The molecule has 1 aromatic carbocycles. The molecule has 0 unspecified atom stereocenters.